The number of pyridine rings is 1. The first-order valence-electron chi connectivity index (χ1n) is 10.4. The third-order valence-corrected chi connectivity index (χ3v) is 5.65. The predicted molar refractivity (Wildman–Crippen MR) is 114 cm³/mol. The largest absolute Gasteiger partial charge is 0.480 e. The van der Waals surface area contributed by atoms with E-state index >= 15 is 0 Å². The van der Waals surface area contributed by atoms with Gasteiger partial charge in [0.15, 0.2) is 17.5 Å². The van der Waals surface area contributed by atoms with Gasteiger partial charge in [-0.25, -0.2) is 23.1 Å². The van der Waals surface area contributed by atoms with Crippen molar-refractivity contribution in [3.05, 3.63) is 59.8 Å². The van der Waals surface area contributed by atoms with Crippen molar-refractivity contribution in [1.82, 2.24) is 14.5 Å². The van der Waals surface area contributed by atoms with E-state index in [1.165, 1.54) is 17.7 Å². The number of ether oxygens (including phenoxy) is 2. The highest BCUT2D eigenvalue weighted by atomic mass is 19.2. The van der Waals surface area contributed by atoms with Gasteiger partial charge in [-0.05, 0) is 64.8 Å². The van der Waals surface area contributed by atoms with Crippen LogP contribution in [-0.2, 0) is 4.74 Å². The number of nitrogens with zero attached hydrogens (tertiary/aromatic N) is 3. The summed E-state index contributed by atoms with van der Waals surface area (Å²) in [5, 5.41) is 0. The molecule has 32 heavy (non-hydrogen) atoms. The van der Waals surface area contributed by atoms with E-state index in [2.05, 4.69) is 4.98 Å². The molecule has 1 fully saturated rings. The van der Waals surface area contributed by atoms with Crippen molar-refractivity contribution in [2.75, 3.05) is 7.11 Å². The summed E-state index contributed by atoms with van der Waals surface area (Å²) in [5.41, 5.74) is 0.315. The third-order valence-electron chi connectivity index (χ3n) is 5.65. The average molecular weight is 445 g/mol. The van der Waals surface area contributed by atoms with Gasteiger partial charge in [0.2, 0.25) is 5.88 Å². The quantitative estimate of drug-likeness (QED) is 0.476. The standard InChI is InChI=1S/C24H26F3N3O2/c1-23(2)11-14(12-24(3,4)32-23)17-13-30(18-9-8-16(25)19(26)20(18)27)21(29-17)15-7-6-10-28-22(15)31-5/h6-10,13-14H,11-12H2,1-5H3. The number of imidazole rings is 1. The Balaban J connectivity index is 1.91. The van der Waals surface area contributed by atoms with Crippen LogP contribution in [0.2, 0.25) is 0 Å². The monoisotopic (exact) mass is 445 g/mol. The van der Waals surface area contributed by atoms with Crippen molar-refractivity contribution in [3.63, 3.8) is 0 Å². The van der Waals surface area contributed by atoms with Gasteiger partial charge >= 0.3 is 0 Å². The van der Waals surface area contributed by atoms with Crippen LogP contribution in [0.4, 0.5) is 13.2 Å². The normalized spacial score (nSPS) is 18.0. The maximum absolute atomic E-state index is 14.8. The summed E-state index contributed by atoms with van der Waals surface area (Å²) < 4.78 is 55.5. The van der Waals surface area contributed by atoms with Crippen molar-refractivity contribution >= 4 is 0 Å². The molecule has 8 heteroatoms. The van der Waals surface area contributed by atoms with Crippen LogP contribution >= 0.6 is 0 Å². The highest BCUT2D eigenvalue weighted by Gasteiger charge is 2.41. The lowest BCUT2D eigenvalue weighted by atomic mass is 9.79. The van der Waals surface area contributed by atoms with E-state index in [9.17, 15) is 13.2 Å². The van der Waals surface area contributed by atoms with Gasteiger partial charge in [0.05, 0.1) is 35.3 Å². The van der Waals surface area contributed by atoms with Crippen molar-refractivity contribution in [2.24, 2.45) is 0 Å². The molecule has 4 rings (SSSR count). The first-order chi connectivity index (χ1) is 15.0. The summed E-state index contributed by atoms with van der Waals surface area (Å²) in [6, 6.07) is 5.55. The lowest BCUT2D eigenvalue weighted by Crippen LogP contribution is -2.44. The Bertz CT molecular complexity index is 1140. The number of rotatable bonds is 4. The number of hydrogen-bond donors (Lipinski definition) is 0. The molecule has 1 aliphatic rings. The van der Waals surface area contributed by atoms with Crippen LogP contribution in [0.5, 0.6) is 5.88 Å². The van der Waals surface area contributed by atoms with Gasteiger partial charge in [-0.15, -0.1) is 0 Å². The molecular formula is C24H26F3N3O2. The fourth-order valence-electron chi connectivity index (χ4n) is 4.69. The molecule has 3 heterocycles. The van der Waals surface area contributed by atoms with Crippen LogP contribution in [0.15, 0.2) is 36.7 Å². The van der Waals surface area contributed by atoms with Crippen LogP contribution < -0.4 is 4.74 Å². The third kappa shape index (κ3) is 4.11. The number of halogens is 3. The highest BCUT2D eigenvalue weighted by Crippen LogP contribution is 2.44. The molecule has 0 unspecified atom stereocenters. The number of hydrogen-bond acceptors (Lipinski definition) is 4. The van der Waals surface area contributed by atoms with E-state index in [4.69, 9.17) is 14.5 Å². The first kappa shape index (κ1) is 22.3. The molecule has 170 valence electrons. The summed E-state index contributed by atoms with van der Waals surface area (Å²) in [6.07, 6.45) is 4.66. The molecule has 0 atom stereocenters. The zero-order valence-corrected chi connectivity index (χ0v) is 18.7. The second-order valence-electron chi connectivity index (χ2n) is 9.34. The van der Waals surface area contributed by atoms with E-state index < -0.39 is 17.5 Å². The smallest absolute Gasteiger partial charge is 0.224 e. The number of benzene rings is 1. The molecule has 0 radical (unpaired) electrons. The van der Waals surface area contributed by atoms with Crippen LogP contribution in [-0.4, -0.2) is 32.8 Å². The molecule has 0 N–H and O–H groups in total. The average Bonchev–Trinajstić information content (AvgIpc) is 3.15. The zero-order valence-electron chi connectivity index (χ0n) is 18.7. The SMILES string of the molecule is COc1ncccc1-c1nc(C2CC(C)(C)OC(C)(C)C2)cn1-c1ccc(F)c(F)c1F. The molecule has 0 saturated carbocycles. The summed E-state index contributed by atoms with van der Waals surface area (Å²) in [4.78, 5) is 9.02. The van der Waals surface area contributed by atoms with Gasteiger partial charge in [0.25, 0.3) is 0 Å². The van der Waals surface area contributed by atoms with E-state index in [-0.39, 0.29) is 22.8 Å². The van der Waals surface area contributed by atoms with E-state index in [0.29, 0.717) is 35.8 Å². The van der Waals surface area contributed by atoms with Gasteiger partial charge in [-0.3, -0.25) is 4.57 Å². The van der Waals surface area contributed by atoms with Crippen LogP contribution in [0.1, 0.15) is 52.1 Å². The van der Waals surface area contributed by atoms with Crippen LogP contribution in [0.25, 0.3) is 17.1 Å². The molecule has 2 aromatic heterocycles. The molecule has 0 bridgehead atoms. The Kier molecular flexibility index (Phi) is 5.53. The van der Waals surface area contributed by atoms with Gasteiger partial charge in [-0.1, -0.05) is 0 Å². The molecule has 1 aromatic carbocycles. The minimum absolute atomic E-state index is 0.0183. The maximum atomic E-state index is 14.8. The second-order valence-corrected chi connectivity index (χ2v) is 9.34. The molecular weight excluding hydrogens is 419 g/mol. The second kappa shape index (κ2) is 7.92. The molecule has 0 aliphatic carbocycles. The minimum atomic E-state index is -1.53. The van der Waals surface area contributed by atoms with Gasteiger partial charge in [-0.2, -0.15) is 0 Å². The fourth-order valence-corrected chi connectivity index (χ4v) is 4.69. The summed E-state index contributed by atoms with van der Waals surface area (Å²) in [6.45, 7) is 8.10. The topological polar surface area (TPSA) is 49.2 Å². The van der Waals surface area contributed by atoms with Crippen LogP contribution in [0.3, 0.4) is 0 Å². The number of aromatic nitrogens is 3. The summed E-state index contributed by atoms with van der Waals surface area (Å²) >= 11 is 0. The first-order valence-corrected chi connectivity index (χ1v) is 10.4. The summed E-state index contributed by atoms with van der Waals surface area (Å²) in [5.74, 6) is -3.43. The Morgan fingerprint density at radius 2 is 1.72 bits per heavy atom. The Hall–Kier alpha value is -2.87. The fraction of sp³-hybridized carbons (Fsp3) is 0.417. The number of methoxy groups -OCH3 is 1. The predicted octanol–water partition coefficient (Wildman–Crippen LogP) is 5.81. The molecule has 0 amide bonds. The van der Waals surface area contributed by atoms with Crippen molar-refractivity contribution < 1.29 is 22.6 Å². The van der Waals surface area contributed by atoms with E-state index in [1.807, 2.05) is 27.7 Å². The molecule has 1 saturated heterocycles. The zero-order chi connectivity index (χ0) is 23.3. The van der Waals surface area contributed by atoms with Gasteiger partial charge in [0.1, 0.15) is 5.82 Å². The van der Waals surface area contributed by atoms with Gasteiger partial charge < -0.3 is 9.47 Å². The lowest BCUT2D eigenvalue weighted by Gasteiger charge is -2.45. The van der Waals surface area contributed by atoms with Crippen molar-refractivity contribution in [1.29, 1.82) is 0 Å². The lowest BCUT2D eigenvalue weighted by molar-refractivity contribution is -0.162. The minimum Gasteiger partial charge on any atom is -0.480 e. The Morgan fingerprint density at radius 1 is 1.03 bits per heavy atom. The Morgan fingerprint density at radius 3 is 2.38 bits per heavy atom. The molecule has 0 spiro atoms. The highest BCUT2D eigenvalue weighted by molar-refractivity contribution is 5.65. The van der Waals surface area contributed by atoms with Crippen LogP contribution in [0, 0.1) is 17.5 Å². The van der Waals surface area contributed by atoms with E-state index in [1.54, 1.807) is 24.5 Å². The molecule has 5 nitrogen and oxygen atoms in total. The molecule has 1 aliphatic heterocycles. The summed E-state index contributed by atoms with van der Waals surface area (Å²) in [7, 11) is 1.47. The van der Waals surface area contributed by atoms with Crippen molar-refractivity contribution in [3.8, 4) is 23.0 Å². The molecule has 3 aromatic rings. The van der Waals surface area contributed by atoms with Gasteiger partial charge in [0, 0.05) is 18.3 Å². The Labute approximate surface area is 185 Å². The van der Waals surface area contributed by atoms with E-state index in [0.717, 1.165) is 6.07 Å². The maximum Gasteiger partial charge on any atom is 0.224 e. The van der Waals surface area contributed by atoms with Crippen molar-refractivity contribution in [2.45, 2.75) is 57.7 Å².